The van der Waals surface area contributed by atoms with Crippen LogP contribution >= 0.6 is 0 Å². The van der Waals surface area contributed by atoms with Gasteiger partial charge in [-0.1, -0.05) is 60.7 Å². The van der Waals surface area contributed by atoms with Crippen LogP contribution in [0.4, 0.5) is 11.4 Å². The first kappa shape index (κ1) is 23.4. The molecular formula is C27H26N2O4S. The molecule has 0 aliphatic carbocycles. The SMILES string of the molecule is Cc1cccc(N(CCc2ccccc2)Nc2ccc(Oc3ccccc3)c(S(=O)(=O)O)c2)c1. The molecule has 0 unspecified atom stereocenters. The Bertz CT molecular complexity index is 1340. The molecule has 0 aliphatic rings. The topological polar surface area (TPSA) is 78.9 Å². The molecule has 0 aliphatic heterocycles. The van der Waals surface area contributed by atoms with Gasteiger partial charge in [-0.2, -0.15) is 8.42 Å². The van der Waals surface area contributed by atoms with Crippen molar-refractivity contribution in [2.24, 2.45) is 0 Å². The number of para-hydroxylation sites is 1. The van der Waals surface area contributed by atoms with Crippen molar-refractivity contribution in [1.29, 1.82) is 0 Å². The summed E-state index contributed by atoms with van der Waals surface area (Å²) in [6.45, 7) is 2.65. The number of rotatable bonds is 9. The lowest BCUT2D eigenvalue weighted by atomic mass is 10.1. The molecule has 4 aromatic carbocycles. The Morgan fingerprint density at radius 3 is 2.24 bits per heavy atom. The summed E-state index contributed by atoms with van der Waals surface area (Å²) in [6.07, 6.45) is 0.780. The van der Waals surface area contributed by atoms with Crippen molar-refractivity contribution in [3.8, 4) is 11.5 Å². The van der Waals surface area contributed by atoms with Gasteiger partial charge in [0.1, 0.15) is 16.4 Å². The first-order valence-corrected chi connectivity index (χ1v) is 12.3. The van der Waals surface area contributed by atoms with E-state index in [-0.39, 0.29) is 10.6 Å². The predicted molar refractivity (Wildman–Crippen MR) is 135 cm³/mol. The maximum atomic E-state index is 12.1. The van der Waals surface area contributed by atoms with Gasteiger partial charge in [0, 0.05) is 6.54 Å². The third kappa shape index (κ3) is 6.15. The van der Waals surface area contributed by atoms with Crippen LogP contribution in [0.1, 0.15) is 11.1 Å². The monoisotopic (exact) mass is 474 g/mol. The van der Waals surface area contributed by atoms with Crippen LogP contribution in [0.3, 0.4) is 0 Å². The Morgan fingerprint density at radius 2 is 1.56 bits per heavy atom. The van der Waals surface area contributed by atoms with Crippen molar-refractivity contribution in [2.45, 2.75) is 18.2 Å². The van der Waals surface area contributed by atoms with Crippen LogP contribution < -0.4 is 15.2 Å². The van der Waals surface area contributed by atoms with E-state index in [1.165, 1.54) is 17.7 Å². The molecule has 174 valence electrons. The van der Waals surface area contributed by atoms with Gasteiger partial charge in [-0.15, -0.1) is 0 Å². The molecule has 2 N–H and O–H groups in total. The summed E-state index contributed by atoms with van der Waals surface area (Å²) in [4.78, 5) is -0.311. The zero-order valence-corrected chi connectivity index (χ0v) is 19.6. The molecule has 4 aromatic rings. The molecule has 0 heterocycles. The van der Waals surface area contributed by atoms with Crippen LogP contribution in [0.2, 0.25) is 0 Å². The third-order valence-corrected chi connectivity index (χ3v) is 6.11. The van der Waals surface area contributed by atoms with Crippen LogP contribution in [-0.4, -0.2) is 19.5 Å². The molecule has 4 rings (SSSR count). The van der Waals surface area contributed by atoms with Gasteiger partial charge >= 0.3 is 0 Å². The second-order valence-electron chi connectivity index (χ2n) is 7.89. The van der Waals surface area contributed by atoms with Gasteiger partial charge in [-0.25, -0.2) is 0 Å². The molecule has 0 amide bonds. The molecule has 0 saturated heterocycles. The molecule has 0 bridgehead atoms. The van der Waals surface area contributed by atoms with E-state index in [2.05, 4.69) is 23.6 Å². The molecular weight excluding hydrogens is 448 g/mol. The predicted octanol–water partition coefficient (Wildman–Crippen LogP) is 6.11. The average molecular weight is 475 g/mol. The van der Waals surface area contributed by atoms with Gasteiger partial charge in [0.25, 0.3) is 10.1 Å². The lowest BCUT2D eigenvalue weighted by molar-refractivity contribution is 0.450. The van der Waals surface area contributed by atoms with Crippen LogP contribution in [-0.2, 0) is 16.5 Å². The highest BCUT2D eigenvalue weighted by Crippen LogP contribution is 2.32. The number of hydrazine groups is 1. The lowest BCUT2D eigenvalue weighted by Crippen LogP contribution is -2.32. The molecule has 0 fully saturated rings. The van der Waals surface area contributed by atoms with Crippen molar-refractivity contribution in [2.75, 3.05) is 17.0 Å². The highest BCUT2D eigenvalue weighted by atomic mass is 32.2. The van der Waals surface area contributed by atoms with Crippen molar-refractivity contribution in [1.82, 2.24) is 0 Å². The molecule has 0 atom stereocenters. The summed E-state index contributed by atoms with van der Waals surface area (Å²) in [7, 11) is -4.52. The van der Waals surface area contributed by atoms with E-state index >= 15 is 0 Å². The van der Waals surface area contributed by atoms with Crippen molar-refractivity contribution in [3.05, 3.63) is 114 Å². The van der Waals surface area contributed by atoms with Crippen molar-refractivity contribution >= 4 is 21.5 Å². The number of anilines is 2. The van der Waals surface area contributed by atoms with Gasteiger partial charge < -0.3 is 4.74 Å². The fraction of sp³-hybridized carbons (Fsp3) is 0.111. The van der Waals surface area contributed by atoms with Gasteiger partial charge in [0.15, 0.2) is 0 Å². The number of nitrogens with zero attached hydrogens (tertiary/aromatic N) is 1. The summed E-state index contributed by atoms with van der Waals surface area (Å²) in [5.41, 5.74) is 7.03. The maximum absolute atomic E-state index is 12.1. The summed E-state index contributed by atoms with van der Waals surface area (Å²) < 4.78 is 39.9. The quantitative estimate of drug-likeness (QED) is 0.225. The van der Waals surface area contributed by atoms with Gasteiger partial charge in [0.2, 0.25) is 0 Å². The minimum absolute atomic E-state index is 0.0469. The van der Waals surface area contributed by atoms with Crippen LogP contribution in [0, 0.1) is 6.92 Å². The number of aryl methyl sites for hydroxylation is 1. The second kappa shape index (κ2) is 10.4. The van der Waals surface area contributed by atoms with E-state index in [0.717, 1.165) is 17.7 Å². The third-order valence-electron chi connectivity index (χ3n) is 5.24. The van der Waals surface area contributed by atoms with Gasteiger partial charge in [-0.3, -0.25) is 15.0 Å². The van der Waals surface area contributed by atoms with Gasteiger partial charge in [0.05, 0.1) is 11.4 Å². The summed E-state index contributed by atoms with van der Waals surface area (Å²) in [5.74, 6) is 0.517. The Morgan fingerprint density at radius 1 is 0.853 bits per heavy atom. The fourth-order valence-electron chi connectivity index (χ4n) is 3.57. The Balaban J connectivity index is 1.63. The molecule has 6 nitrogen and oxygen atoms in total. The van der Waals surface area contributed by atoms with E-state index in [1.54, 1.807) is 30.3 Å². The van der Waals surface area contributed by atoms with E-state index in [0.29, 0.717) is 18.0 Å². The summed E-state index contributed by atoms with van der Waals surface area (Å²) >= 11 is 0. The van der Waals surface area contributed by atoms with E-state index < -0.39 is 10.1 Å². The highest BCUT2D eigenvalue weighted by Gasteiger charge is 2.19. The summed E-state index contributed by atoms with van der Waals surface area (Å²) in [6, 6.07) is 31.6. The molecule has 0 spiro atoms. The zero-order valence-electron chi connectivity index (χ0n) is 18.8. The number of nitrogens with one attached hydrogen (secondary N) is 1. The number of hydrogen-bond donors (Lipinski definition) is 2. The molecule has 0 aromatic heterocycles. The van der Waals surface area contributed by atoms with Crippen molar-refractivity contribution < 1.29 is 17.7 Å². The van der Waals surface area contributed by atoms with E-state index in [9.17, 15) is 13.0 Å². The normalized spacial score (nSPS) is 11.1. The van der Waals surface area contributed by atoms with Gasteiger partial charge in [-0.05, 0) is 66.9 Å². The van der Waals surface area contributed by atoms with E-state index in [4.69, 9.17) is 4.74 Å². The Labute approximate surface area is 200 Å². The smallest absolute Gasteiger partial charge is 0.298 e. The molecule has 0 radical (unpaired) electrons. The summed E-state index contributed by atoms with van der Waals surface area (Å²) in [5, 5.41) is 1.96. The molecule has 0 saturated carbocycles. The fourth-order valence-corrected chi connectivity index (χ4v) is 4.21. The van der Waals surface area contributed by atoms with E-state index in [1.807, 2.05) is 54.4 Å². The number of ether oxygens (including phenoxy) is 1. The number of hydrogen-bond acceptors (Lipinski definition) is 5. The number of benzene rings is 4. The standard InChI is InChI=1S/C27H26N2O4S/c1-21-9-8-12-24(19-21)29(18-17-22-10-4-2-5-11-22)28-23-15-16-26(27(20-23)34(30,31)32)33-25-13-6-3-7-14-25/h2-16,19-20,28H,17-18H2,1H3,(H,30,31,32). The minimum Gasteiger partial charge on any atom is -0.456 e. The van der Waals surface area contributed by atoms with Crippen molar-refractivity contribution in [3.63, 3.8) is 0 Å². The minimum atomic E-state index is -4.52. The first-order valence-electron chi connectivity index (χ1n) is 10.9. The molecule has 7 heteroatoms. The van der Waals surface area contributed by atoms with Crippen LogP contribution in [0.5, 0.6) is 11.5 Å². The largest absolute Gasteiger partial charge is 0.456 e. The zero-order chi connectivity index (χ0) is 24.0. The highest BCUT2D eigenvalue weighted by molar-refractivity contribution is 7.86. The molecule has 34 heavy (non-hydrogen) atoms. The maximum Gasteiger partial charge on any atom is 0.298 e. The first-order chi connectivity index (χ1) is 16.4. The lowest BCUT2D eigenvalue weighted by Gasteiger charge is -2.27. The second-order valence-corrected chi connectivity index (χ2v) is 9.28. The van der Waals surface area contributed by atoms with Crippen LogP contribution in [0.15, 0.2) is 108 Å². The Kier molecular flexibility index (Phi) is 7.15. The Hall–Kier alpha value is -3.81. The van der Waals surface area contributed by atoms with Crippen LogP contribution in [0.25, 0.3) is 0 Å². The average Bonchev–Trinajstić information content (AvgIpc) is 2.83.